The van der Waals surface area contributed by atoms with Crippen LogP contribution in [-0.4, -0.2) is 51.4 Å². The molecule has 2 aromatic carbocycles. The van der Waals surface area contributed by atoms with Gasteiger partial charge in [0, 0.05) is 37.5 Å². The maximum Gasteiger partial charge on any atom is 0.253 e. The summed E-state index contributed by atoms with van der Waals surface area (Å²) in [5.74, 6) is 0.297. The highest BCUT2D eigenvalue weighted by Crippen LogP contribution is 2.21. The molecule has 0 saturated carbocycles. The summed E-state index contributed by atoms with van der Waals surface area (Å²) < 4.78 is 7.75. The van der Waals surface area contributed by atoms with Crippen molar-refractivity contribution in [2.24, 2.45) is 11.7 Å². The normalized spacial score (nSPS) is 14.6. The molecule has 2 heterocycles. The molecule has 4 rings (SSSR count). The van der Waals surface area contributed by atoms with E-state index >= 15 is 0 Å². The van der Waals surface area contributed by atoms with Crippen molar-refractivity contribution in [3.63, 3.8) is 0 Å². The Bertz CT molecular complexity index is 1110. The van der Waals surface area contributed by atoms with E-state index in [-0.39, 0.29) is 17.7 Å². The van der Waals surface area contributed by atoms with Gasteiger partial charge in [-0.3, -0.25) is 9.59 Å². The van der Waals surface area contributed by atoms with Crippen LogP contribution >= 0.6 is 0 Å². The quantitative estimate of drug-likeness (QED) is 0.575. The molecule has 1 aliphatic rings. The minimum atomic E-state index is -0.277. The number of nitrogens with zero attached hydrogens (tertiary/aromatic N) is 4. The first-order valence-electron chi connectivity index (χ1n) is 11.0. The van der Waals surface area contributed by atoms with Crippen LogP contribution in [0.1, 0.15) is 40.7 Å². The fraction of sp³-hybridized carbons (Fsp3) is 0.417. The Kier molecular flexibility index (Phi) is 6.39. The highest BCUT2D eigenvalue weighted by molar-refractivity contribution is 5.94. The summed E-state index contributed by atoms with van der Waals surface area (Å²) in [6.07, 6.45) is 2.05. The second-order valence-electron chi connectivity index (χ2n) is 8.43. The maximum atomic E-state index is 12.7. The van der Waals surface area contributed by atoms with E-state index in [1.807, 2.05) is 16.8 Å². The third-order valence-electron chi connectivity index (χ3n) is 6.20. The van der Waals surface area contributed by atoms with Crippen LogP contribution in [0.5, 0.6) is 5.75 Å². The number of nitrogens with two attached hydrogens (primary N) is 1. The second-order valence-corrected chi connectivity index (χ2v) is 8.43. The van der Waals surface area contributed by atoms with Crippen molar-refractivity contribution in [2.75, 3.05) is 19.7 Å². The number of hydrogen-bond donors (Lipinski definition) is 1. The fourth-order valence-corrected chi connectivity index (χ4v) is 4.04. The third-order valence-corrected chi connectivity index (χ3v) is 6.20. The molecular formula is C24H29N5O3. The van der Waals surface area contributed by atoms with E-state index in [1.54, 1.807) is 17.0 Å². The molecule has 0 atom stereocenters. The van der Waals surface area contributed by atoms with E-state index < -0.39 is 0 Å². The lowest BCUT2D eigenvalue weighted by Crippen LogP contribution is -2.41. The molecule has 1 fully saturated rings. The van der Waals surface area contributed by atoms with E-state index in [0.29, 0.717) is 38.1 Å². The van der Waals surface area contributed by atoms with Crippen LogP contribution in [-0.2, 0) is 11.3 Å². The number of piperidine rings is 1. The molecule has 2 amide bonds. The highest BCUT2D eigenvalue weighted by Gasteiger charge is 2.26. The number of rotatable bonds is 7. The van der Waals surface area contributed by atoms with Gasteiger partial charge in [-0.2, -0.15) is 0 Å². The zero-order valence-electron chi connectivity index (χ0n) is 18.6. The SMILES string of the molecule is Cc1cc2nnn(CCCOc3ccc(C(=O)N4CCC(C(N)=O)CC4)cc3)c2cc1C. The summed E-state index contributed by atoms with van der Waals surface area (Å²) in [5, 5.41) is 8.50. The third kappa shape index (κ3) is 4.74. The van der Waals surface area contributed by atoms with Crippen molar-refractivity contribution < 1.29 is 14.3 Å². The van der Waals surface area contributed by atoms with Gasteiger partial charge in [0.05, 0.1) is 12.1 Å². The number of likely N-dealkylation sites (tertiary alicyclic amines) is 1. The summed E-state index contributed by atoms with van der Waals surface area (Å²) in [6, 6.07) is 11.4. The lowest BCUT2D eigenvalue weighted by atomic mass is 9.96. The number of fused-ring (bicyclic) bond motifs is 1. The van der Waals surface area contributed by atoms with Crippen LogP contribution in [0.4, 0.5) is 0 Å². The van der Waals surface area contributed by atoms with Gasteiger partial charge in [0.2, 0.25) is 5.91 Å². The first kappa shape index (κ1) is 21.8. The zero-order chi connectivity index (χ0) is 22.7. The molecular weight excluding hydrogens is 406 g/mol. The van der Waals surface area contributed by atoms with Crippen molar-refractivity contribution >= 4 is 22.8 Å². The minimum absolute atomic E-state index is 0.0249. The highest BCUT2D eigenvalue weighted by atomic mass is 16.5. The molecule has 3 aromatic rings. The van der Waals surface area contributed by atoms with Crippen molar-refractivity contribution in [2.45, 2.75) is 39.7 Å². The molecule has 168 valence electrons. The predicted octanol–water partition coefficient (Wildman–Crippen LogP) is 2.85. The number of carbonyl (C=O) groups excluding carboxylic acids is 2. The number of carbonyl (C=O) groups is 2. The summed E-state index contributed by atoms with van der Waals surface area (Å²) in [5.41, 5.74) is 10.4. The van der Waals surface area contributed by atoms with E-state index in [9.17, 15) is 9.59 Å². The Balaban J connectivity index is 1.26. The van der Waals surface area contributed by atoms with Gasteiger partial charge in [-0.15, -0.1) is 5.10 Å². The van der Waals surface area contributed by atoms with Crippen LogP contribution in [0.3, 0.4) is 0 Å². The Labute approximate surface area is 187 Å². The van der Waals surface area contributed by atoms with Crippen LogP contribution in [0.15, 0.2) is 36.4 Å². The summed E-state index contributed by atoms with van der Waals surface area (Å²) in [4.78, 5) is 25.8. The number of aromatic nitrogens is 3. The Morgan fingerprint density at radius 3 is 2.47 bits per heavy atom. The lowest BCUT2D eigenvalue weighted by Gasteiger charge is -2.30. The number of amides is 2. The first-order chi connectivity index (χ1) is 15.4. The van der Waals surface area contributed by atoms with E-state index in [0.717, 1.165) is 29.7 Å². The van der Waals surface area contributed by atoms with Gasteiger partial charge in [-0.05, 0) is 74.2 Å². The molecule has 0 aliphatic carbocycles. The lowest BCUT2D eigenvalue weighted by molar-refractivity contribution is -0.123. The molecule has 32 heavy (non-hydrogen) atoms. The van der Waals surface area contributed by atoms with Gasteiger partial charge < -0.3 is 15.4 Å². The Morgan fingerprint density at radius 1 is 1.09 bits per heavy atom. The molecule has 8 heteroatoms. The molecule has 1 aliphatic heterocycles. The Hall–Kier alpha value is -3.42. The fourth-order valence-electron chi connectivity index (χ4n) is 4.04. The molecule has 0 radical (unpaired) electrons. The van der Waals surface area contributed by atoms with Gasteiger partial charge >= 0.3 is 0 Å². The van der Waals surface area contributed by atoms with E-state index in [1.165, 1.54) is 11.1 Å². The number of aryl methyl sites for hydroxylation is 3. The van der Waals surface area contributed by atoms with E-state index in [2.05, 4.69) is 36.3 Å². The van der Waals surface area contributed by atoms with Crippen LogP contribution in [0.25, 0.3) is 11.0 Å². The number of primary amides is 1. The van der Waals surface area contributed by atoms with Crippen LogP contribution in [0.2, 0.25) is 0 Å². The average molecular weight is 436 g/mol. The topological polar surface area (TPSA) is 103 Å². The number of benzene rings is 2. The maximum absolute atomic E-state index is 12.7. The van der Waals surface area contributed by atoms with E-state index in [4.69, 9.17) is 10.5 Å². The number of hydrogen-bond acceptors (Lipinski definition) is 5. The van der Waals surface area contributed by atoms with Crippen LogP contribution in [0, 0.1) is 19.8 Å². The monoisotopic (exact) mass is 435 g/mol. The molecule has 0 spiro atoms. The van der Waals surface area contributed by atoms with Gasteiger partial charge in [0.1, 0.15) is 11.3 Å². The number of ether oxygens (including phenoxy) is 1. The minimum Gasteiger partial charge on any atom is -0.494 e. The standard InChI is InChI=1S/C24H29N5O3/c1-16-14-21-22(15-17(16)2)29(27-26-21)10-3-13-32-20-6-4-19(5-7-20)24(31)28-11-8-18(9-12-28)23(25)30/h4-7,14-15,18H,3,8-13H2,1-2H3,(H2,25,30). The average Bonchev–Trinajstić information content (AvgIpc) is 3.18. The molecule has 0 bridgehead atoms. The van der Waals surface area contributed by atoms with Crippen LogP contribution < -0.4 is 10.5 Å². The zero-order valence-corrected chi connectivity index (χ0v) is 18.6. The summed E-state index contributed by atoms with van der Waals surface area (Å²) in [7, 11) is 0. The van der Waals surface area contributed by atoms with Gasteiger partial charge in [-0.1, -0.05) is 5.21 Å². The summed E-state index contributed by atoms with van der Waals surface area (Å²) >= 11 is 0. The molecule has 1 aromatic heterocycles. The van der Waals surface area contributed by atoms with Gasteiger partial charge in [-0.25, -0.2) is 4.68 Å². The molecule has 1 saturated heterocycles. The van der Waals surface area contributed by atoms with Gasteiger partial charge in [0.25, 0.3) is 5.91 Å². The predicted molar refractivity (Wildman–Crippen MR) is 121 cm³/mol. The largest absolute Gasteiger partial charge is 0.494 e. The van der Waals surface area contributed by atoms with Crippen molar-refractivity contribution in [3.05, 3.63) is 53.1 Å². The van der Waals surface area contributed by atoms with Crippen molar-refractivity contribution in [3.8, 4) is 5.75 Å². The molecule has 2 N–H and O–H groups in total. The summed E-state index contributed by atoms with van der Waals surface area (Å²) in [6.45, 7) is 6.54. The van der Waals surface area contributed by atoms with Gasteiger partial charge in [0.15, 0.2) is 0 Å². The molecule has 0 unspecified atom stereocenters. The molecule has 8 nitrogen and oxygen atoms in total. The van der Waals surface area contributed by atoms with Crippen molar-refractivity contribution in [1.82, 2.24) is 19.9 Å². The first-order valence-corrected chi connectivity index (χ1v) is 11.0. The second kappa shape index (κ2) is 9.38. The Morgan fingerprint density at radius 2 is 1.78 bits per heavy atom. The smallest absolute Gasteiger partial charge is 0.253 e. The van der Waals surface area contributed by atoms with Crippen molar-refractivity contribution in [1.29, 1.82) is 0 Å².